The van der Waals surface area contributed by atoms with Gasteiger partial charge in [-0.05, 0) is 13.1 Å². The summed E-state index contributed by atoms with van der Waals surface area (Å²) in [7, 11) is 2.74. The first-order chi connectivity index (χ1) is 15.3. The smallest absolute Gasteiger partial charge is 0.187 e. The molecule has 2 saturated heterocycles. The van der Waals surface area contributed by atoms with E-state index in [1.807, 2.05) is 13.8 Å². The SMILES string of the molecule is CCN(CC)CCOC1[C@@H](OCC2O[C@H](OC)C(O)[C@H](O)[C@@H]2O)OC(COC)[C@@H](O)[C@H]1O. The zero-order valence-electron chi connectivity index (χ0n) is 19.1. The summed E-state index contributed by atoms with van der Waals surface area (Å²) in [5.41, 5.74) is 0. The molecular weight excluding hydrogens is 430 g/mol. The molecule has 0 saturated carbocycles. The zero-order chi connectivity index (χ0) is 23.8. The van der Waals surface area contributed by atoms with E-state index < -0.39 is 61.4 Å². The van der Waals surface area contributed by atoms with Gasteiger partial charge in [-0.15, -0.1) is 0 Å². The van der Waals surface area contributed by atoms with E-state index in [1.54, 1.807) is 0 Å². The van der Waals surface area contributed by atoms with Crippen LogP contribution >= 0.6 is 0 Å². The number of hydrogen-bond donors (Lipinski definition) is 5. The van der Waals surface area contributed by atoms with Gasteiger partial charge in [0.1, 0.15) is 48.8 Å². The van der Waals surface area contributed by atoms with Gasteiger partial charge in [-0.1, -0.05) is 13.8 Å². The first-order valence-corrected chi connectivity index (χ1v) is 11.0. The van der Waals surface area contributed by atoms with E-state index in [1.165, 1.54) is 14.2 Å². The van der Waals surface area contributed by atoms with Crippen molar-refractivity contribution in [2.24, 2.45) is 0 Å². The molecule has 0 aliphatic carbocycles. The molecule has 190 valence electrons. The molecule has 0 amide bonds. The molecule has 0 aromatic carbocycles. The van der Waals surface area contributed by atoms with E-state index in [2.05, 4.69) is 4.90 Å². The highest BCUT2D eigenvalue weighted by atomic mass is 16.7. The van der Waals surface area contributed by atoms with Crippen molar-refractivity contribution in [2.75, 3.05) is 53.7 Å². The Morgan fingerprint density at radius 2 is 1.31 bits per heavy atom. The van der Waals surface area contributed by atoms with Gasteiger partial charge in [-0.25, -0.2) is 0 Å². The van der Waals surface area contributed by atoms with Crippen molar-refractivity contribution in [3.8, 4) is 0 Å². The Labute approximate surface area is 188 Å². The molecule has 0 aromatic heterocycles. The minimum atomic E-state index is -1.50. The van der Waals surface area contributed by atoms with Crippen molar-refractivity contribution in [1.82, 2.24) is 4.90 Å². The van der Waals surface area contributed by atoms with Crippen LogP contribution in [-0.2, 0) is 28.4 Å². The maximum absolute atomic E-state index is 10.7. The number of aliphatic hydroxyl groups is 5. The Hall–Kier alpha value is -0.480. The van der Waals surface area contributed by atoms with Crippen LogP contribution in [-0.4, -0.2) is 146 Å². The van der Waals surface area contributed by atoms with Gasteiger partial charge in [0.05, 0.1) is 19.8 Å². The molecule has 2 rings (SSSR count). The number of rotatable bonds is 12. The molecule has 2 aliphatic heterocycles. The largest absolute Gasteiger partial charge is 0.387 e. The van der Waals surface area contributed by atoms with E-state index in [9.17, 15) is 25.5 Å². The molecule has 5 N–H and O–H groups in total. The summed E-state index contributed by atoms with van der Waals surface area (Å²) in [6.45, 7) is 6.39. The summed E-state index contributed by atoms with van der Waals surface area (Å²) in [5, 5.41) is 51.2. The second-order valence-corrected chi connectivity index (χ2v) is 7.93. The van der Waals surface area contributed by atoms with Crippen LogP contribution in [0, 0.1) is 0 Å². The third-order valence-corrected chi connectivity index (χ3v) is 5.91. The Kier molecular flexibility index (Phi) is 11.6. The van der Waals surface area contributed by atoms with E-state index in [4.69, 9.17) is 28.4 Å². The summed E-state index contributed by atoms with van der Waals surface area (Å²) in [6, 6.07) is 0. The number of nitrogens with zero attached hydrogens (tertiary/aromatic N) is 1. The van der Waals surface area contributed by atoms with Crippen molar-refractivity contribution >= 4 is 0 Å². The van der Waals surface area contributed by atoms with Crippen LogP contribution in [0.4, 0.5) is 0 Å². The van der Waals surface area contributed by atoms with Crippen molar-refractivity contribution in [3.05, 3.63) is 0 Å². The Bertz CT molecular complexity index is 524. The maximum atomic E-state index is 10.7. The molecule has 12 nitrogen and oxygen atoms in total. The van der Waals surface area contributed by atoms with Gasteiger partial charge in [0.2, 0.25) is 0 Å². The number of hydrogen-bond acceptors (Lipinski definition) is 12. The number of likely N-dealkylation sites (N-methyl/N-ethyl adjacent to an activating group) is 1. The van der Waals surface area contributed by atoms with Gasteiger partial charge < -0.3 is 58.9 Å². The number of aliphatic hydroxyl groups excluding tert-OH is 5. The van der Waals surface area contributed by atoms with Crippen LogP contribution in [0.3, 0.4) is 0 Å². The van der Waals surface area contributed by atoms with Crippen LogP contribution in [0.25, 0.3) is 0 Å². The van der Waals surface area contributed by atoms with Crippen molar-refractivity contribution < 1.29 is 54.0 Å². The molecule has 0 spiro atoms. The lowest BCUT2D eigenvalue weighted by Gasteiger charge is -2.44. The molecule has 2 aliphatic rings. The quantitative estimate of drug-likeness (QED) is 0.201. The maximum Gasteiger partial charge on any atom is 0.187 e. The fraction of sp³-hybridized carbons (Fsp3) is 1.00. The monoisotopic (exact) mass is 469 g/mol. The molecule has 12 heteroatoms. The van der Waals surface area contributed by atoms with Crippen molar-refractivity contribution in [2.45, 2.75) is 75.3 Å². The molecule has 2 fully saturated rings. The summed E-state index contributed by atoms with van der Waals surface area (Å²) < 4.78 is 32.9. The predicted molar refractivity (Wildman–Crippen MR) is 110 cm³/mol. The Balaban J connectivity index is 2.05. The number of ether oxygens (including phenoxy) is 6. The highest BCUT2D eigenvalue weighted by Crippen LogP contribution is 2.27. The van der Waals surface area contributed by atoms with E-state index in [-0.39, 0.29) is 19.8 Å². The highest BCUT2D eigenvalue weighted by Gasteiger charge is 2.48. The van der Waals surface area contributed by atoms with Crippen LogP contribution in [0.15, 0.2) is 0 Å². The topological polar surface area (TPSA) is 160 Å². The first kappa shape index (κ1) is 27.8. The van der Waals surface area contributed by atoms with E-state index >= 15 is 0 Å². The second-order valence-electron chi connectivity index (χ2n) is 7.93. The summed E-state index contributed by atoms with van der Waals surface area (Å²) in [4.78, 5) is 2.14. The molecule has 32 heavy (non-hydrogen) atoms. The van der Waals surface area contributed by atoms with Gasteiger partial charge in [0.15, 0.2) is 12.6 Å². The van der Waals surface area contributed by atoms with Crippen LogP contribution in [0.2, 0.25) is 0 Å². The van der Waals surface area contributed by atoms with E-state index in [0.29, 0.717) is 6.54 Å². The minimum absolute atomic E-state index is 0.0173. The van der Waals surface area contributed by atoms with Crippen LogP contribution < -0.4 is 0 Å². The van der Waals surface area contributed by atoms with E-state index in [0.717, 1.165) is 13.1 Å². The molecule has 0 radical (unpaired) electrons. The molecule has 10 atom stereocenters. The normalized spacial score (nSPS) is 40.7. The van der Waals surface area contributed by atoms with Crippen molar-refractivity contribution in [3.63, 3.8) is 0 Å². The Morgan fingerprint density at radius 1 is 0.719 bits per heavy atom. The highest BCUT2D eigenvalue weighted by molar-refractivity contribution is 4.92. The minimum Gasteiger partial charge on any atom is -0.387 e. The van der Waals surface area contributed by atoms with Crippen LogP contribution in [0.1, 0.15) is 13.8 Å². The average molecular weight is 470 g/mol. The van der Waals surface area contributed by atoms with Crippen molar-refractivity contribution in [1.29, 1.82) is 0 Å². The molecule has 0 aromatic rings. The predicted octanol–water partition coefficient (Wildman–Crippen LogP) is -2.72. The standard InChI is InChI=1S/C20H39NO11/c1-5-21(6-2)7-8-29-18-16(25)14(23)11(9-27-3)32-20(18)30-10-12-13(22)15(24)17(26)19(28-4)31-12/h11-20,22-26H,5-10H2,1-4H3/t11?,12?,13-,14-,15-,16-,17?,18?,19+,20+/m1/s1. The average Bonchev–Trinajstić information content (AvgIpc) is 2.79. The lowest BCUT2D eigenvalue weighted by atomic mass is 9.98. The van der Waals surface area contributed by atoms with Gasteiger partial charge in [0, 0.05) is 20.8 Å². The van der Waals surface area contributed by atoms with Gasteiger partial charge in [-0.3, -0.25) is 0 Å². The third kappa shape index (κ3) is 6.78. The van der Waals surface area contributed by atoms with Gasteiger partial charge >= 0.3 is 0 Å². The fourth-order valence-electron chi connectivity index (χ4n) is 3.82. The summed E-state index contributed by atoms with van der Waals surface area (Å²) >= 11 is 0. The number of methoxy groups -OCH3 is 2. The first-order valence-electron chi connectivity index (χ1n) is 11.0. The third-order valence-electron chi connectivity index (χ3n) is 5.91. The Morgan fingerprint density at radius 3 is 1.91 bits per heavy atom. The molecule has 0 bridgehead atoms. The summed E-state index contributed by atoms with van der Waals surface area (Å²) in [5.74, 6) is 0. The fourth-order valence-corrected chi connectivity index (χ4v) is 3.82. The van der Waals surface area contributed by atoms with Gasteiger partial charge in [0.25, 0.3) is 0 Å². The van der Waals surface area contributed by atoms with Crippen LogP contribution in [0.5, 0.6) is 0 Å². The molecule has 2 heterocycles. The lowest BCUT2D eigenvalue weighted by Crippen LogP contribution is -2.62. The lowest BCUT2D eigenvalue weighted by molar-refractivity contribution is -0.333. The van der Waals surface area contributed by atoms with Gasteiger partial charge in [-0.2, -0.15) is 0 Å². The molecular formula is C20H39NO11. The zero-order valence-corrected chi connectivity index (χ0v) is 19.1. The second kappa shape index (κ2) is 13.4. The molecule has 4 unspecified atom stereocenters. The summed E-state index contributed by atoms with van der Waals surface area (Å²) in [6.07, 6.45) is -12.1.